The van der Waals surface area contributed by atoms with Gasteiger partial charge in [0.2, 0.25) is 0 Å². The Morgan fingerprint density at radius 2 is 2.20 bits per heavy atom. The van der Waals surface area contributed by atoms with Crippen LogP contribution in [-0.2, 0) is 11.2 Å². The molecule has 3 heteroatoms. The van der Waals surface area contributed by atoms with Gasteiger partial charge in [0.25, 0.3) is 0 Å². The smallest absolute Gasteiger partial charge is 0.122 e. The van der Waals surface area contributed by atoms with E-state index in [1.165, 1.54) is 5.56 Å². The fraction of sp³-hybridized carbons (Fsp3) is 0.647. The van der Waals surface area contributed by atoms with E-state index in [2.05, 4.69) is 31.3 Å². The van der Waals surface area contributed by atoms with Gasteiger partial charge in [-0.15, -0.1) is 0 Å². The van der Waals surface area contributed by atoms with Crippen molar-refractivity contribution in [1.29, 1.82) is 0 Å². The molecule has 2 rings (SSSR count). The predicted molar refractivity (Wildman–Crippen MR) is 82.3 cm³/mol. The molecule has 3 atom stereocenters. The number of nitrogens with one attached hydrogen (secondary N) is 1. The summed E-state index contributed by atoms with van der Waals surface area (Å²) in [5, 5.41) is 3.70. The van der Waals surface area contributed by atoms with Gasteiger partial charge in [0.1, 0.15) is 5.75 Å². The summed E-state index contributed by atoms with van der Waals surface area (Å²) in [6.45, 7) is 6.31. The number of hydrogen-bond acceptors (Lipinski definition) is 3. The van der Waals surface area contributed by atoms with Gasteiger partial charge in [0.15, 0.2) is 0 Å². The van der Waals surface area contributed by atoms with E-state index in [-0.39, 0.29) is 0 Å². The van der Waals surface area contributed by atoms with E-state index in [0.717, 1.165) is 38.2 Å². The third-order valence-electron chi connectivity index (χ3n) is 4.09. The first-order chi connectivity index (χ1) is 9.74. The maximum absolute atomic E-state index is 5.75. The minimum atomic E-state index is 0.392. The molecule has 1 saturated heterocycles. The van der Waals surface area contributed by atoms with Crippen molar-refractivity contribution >= 4 is 0 Å². The maximum atomic E-state index is 5.75. The standard InChI is InChI=1S/C17H27NO2/c1-4-9-18-16(15-10-13(2)20-12-15)11-14-7-5-6-8-17(14)19-3/h5-8,13,15-16,18H,4,9-12H2,1-3H3. The zero-order valence-corrected chi connectivity index (χ0v) is 12.9. The minimum absolute atomic E-state index is 0.392. The summed E-state index contributed by atoms with van der Waals surface area (Å²) < 4.78 is 11.2. The molecule has 0 saturated carbocycles. The van der Waals surface area contributed by atoms with Crippen LogP contribution < -0.4 is 10.1 Å². The Hall–Kier alpha value is -1.06. The molecule has 1 heterocycles. The molecule has 1 aromatic rings. The molecule has 0 radical (unpaired) electrons. The molecule has 0 amide bonds. The van der Waals surface area contributed by atoms with Crippen LogP contribution in [0.3, 0.4) is 0 Å². The fourth-order valence-electron chi connectivity index (χ4n) is 2.97. The highest BCUT2D eigenvalue weighted by Crippen LogP contribution is 2.27. The summed E-state index contributed by atoms with van der Waals surface area (Å²) in [5.41, 5.74) is 1.28. The zero-order chi connectivity index (χ0) is 14.4. The number of ether oxygens (including phenoxy) is 2. The van der Waals surface area contributed by atoms with Gasteiger partial charge in [0.05, 0.1) is 19.8 Å². The van der Waals surface area contributed by atoms with Gasteiger partial charge in [-0.1, -0.05) is 25.1 Å². The Bertz CT molecular complexity index is 408. The van der Waals surface area contributed by atoms with Crippen LogP contribution in [0.15, 0.2) is 24.3 Å². The highest BCUT2D eigenvalue weighted by Gasteiger charge is 2.29. The lowest BCUT2D eigenvalue weighted by molar-refractivity contribution is 0.117. The molecule has 3 unspecified atom stereocenters. The minimum Gasteiger partial charge on any atom is -0.496 e. The SMILES string of the molecule is CCCNC(Cc1ccccc1OC)C1COC(C)C1. The van der Waals surface area contributed by atoms with Crippen LogP contribution in [0.4, 0.5) is 0 Å². The van der Waals surface area contributed by atoms with Crippen LogP contribution in [0.5, 0.6) is 5.75 Å². The molecule has 0 bridgehead atoms. The molecule has 1 aliphatic rings. The highest BCUT2D eigenvalue weighted by molar-refractivity contribution is 5.34. The second-order valence-electron chi connectivity index (χ2n) is 5.72. The summed E-state index contributed by atoms with van der Waals surface area (Å²) in [5.74, 6) is 1.59. The maximum Gasteiger partial charge on any atom is 0.122 e. The summed E-state index contributed by atoms with van der Waals surface area (Å²) in [4.78, 5) is 0. The van der Waals surface area contributed by atoms with Crippen molar-refractivity contribution in [3.8, 4) is 5.75 Å². The molecule has 0 aliphatic carbocycles. The largest absolute Gasteiger partial charge is 0.496 e. The summed E-state index contributed by atoms with van der Waals surface area (Å²) in [6.07, 6.45) is 3.70. The molecule has 0 spiro atoms. The highest BCUT2D eigenvalue weighted by atomic mass is 16.5. The molecule has 1 N–H and O–H groups in total. The van der Waals surface area contributed by atoms with E-state index in [0.29, 0.717) is 18.1 Å². The Labute approximate surface area is 122 Å². The third kappa shape index (κ3) is 3.97. The molecule has 1 fully saturated rings. The monoisotopic (exact) mass is 277 g/mol. The summed E-state index contributed by atoms with van der Waals surface area (Å²) >= 11 is 0. The van der Waals surface area contributed by atoms with Crippen molar-refractivity contribution in [2.75, 3.05) is 20.3 Å². The van der Waals surface area contributed by atoms with Gasteiger partial charge < -0.3 is 14.8 Å². The zero-order valence-electron chi connectivity index (χ0n) is 12.9. The van der Waals surface area contributed by atoms with Crippen LogP contribution in [0.2, 0.25) is 0 Å². The van der Waals surface area contributed by atoms with E-state index in [9.17, 15) is 0 Å². The second kappa shape index (κ2) is 7.65. The van der Waals surface area contributed by atoms with E-state index in [1.807, 2.05) is 12.1 Å². The third-order valence-corrected chi connectivity index (χ3v) is 4.09. The molecule has 20 heavy (non-hydrogen) atoms. The van der Waals surface area contributed by atoms with Crippen LogP contribution in [-0.4, -0.2) is 32.4 Å². The molecule has 1 aliphatic heterocycles. The van der Waals surface area contributed by atoms with E-state index in [1.54, 1.807) is 7.11 Å². The average Bonchev–Trinajstić information content (AvgIpc) is 2.90. The first-order valence-electron chi connectivity index (χ1n) is 7.71. The molecular formula is C17H27NO2. The number of hydrogen-bond donors (Lipinski definition) is 1. The average molecular weight is 277 g/mol. The molecule has 112 valence electrons. The Morgan fingerprint density at radius 3 is 2.85 bits per heavy atom. The van der Waals surface area contributed by atoms with Crippen molar-refractivity contribution in [2.45, 2.75) is 45.3 Å². The van der Waals surface area contributed by atoms with Gasteiger partial charge in [-0.25, -0.2) is 0 Å². The van der Waals surface area contributed by atoms with Crippen LogP contribution in [0.25, 0.3) is 0 Å². The topological polar surface area (TPSA) is 30.5 Å². The van der Waals surface area contributed by atoms with E-state index >= 15 is 0 Å². The van der Waals surface area contributed by atoms with Gasteiger partial charge in [0, 0.05) is 12.0 Å². The molecule has 1 aromatic carbocycles. The van der Waals surface area contributed by atoms with Crippen LogP contribution in [0, 0.1) is 5.92 Å². The van der Waals surface area contributed by atoms with Crippen molar-refractivity contribution in [3.05, 3.63) is 29.8 Å². The lowest BCUT2D eigenvalue weighted by Crippen LogP contribution is -2.39. The van der Waals surface area contributed by atoms with Gasteiger partial charge in [-0.05, 0) is 44.4 Å². The first-order valence-corrected chi connectivity index (χ1v) is 7.71. The Morgan fingerprint density at radius 1 is 1.40 bits per heavy atom. The lowest BCUT2D eigenvalue weighted by atomic mass is 9.91. The number of benzene rings is 1. The van der Waals surface area contributed by atoms with Gasteiger partial charge in [-0.3, -0.25) is 0 Å². The molecule has 3 nitrogen and oxygen atoms in total. The molecule has 0 aromatic heterocycles. The van der Waals surface area contributed by atoms with E-state index in [4.69, 9.17) is 9.47 Å². The number of para-hydroxylation sites is 1. The first kappa shape index (κ1) is 15.3. The number of methoxy groups -OCH3 is 1. The van der Waals surface area contributed by atoms with Crippen LogP contribution >= 0.6 is 0 Å². The Kier molecular flexibility index (Phi) is 5.86. The van der Waals surface area contributed by atoms with Gasteiger partial charge >= 0.3 is 0 Å². The van der Waals surface area contributed by atoms with Gasteiger partial charge in [-0.2, -0.15) is 0 Å². The Balaban J connectivity index is 2.06. The second-order valence-corrected chi connectivity index (χ2v) is 5.72. The molecular weight excluding hydrogens is 250 g/mol. The van der Waals surface area contributed by atoms with Crippen molar-refractivity contribution in [1.82, 2.24) is 5.32 Å². The normalized spacial score (nSPS) is 23.8. The van der Waals surface area contributed by atoms with Crippen LogP contribution in [0.1, 0.15) is 32.3 Å². The summed E-state index contributed by atoms with van der Waals surface area (Å²) in [6, 6.07) is 8.79. The fourth-order valence-corrected chi connectivity index (χ4v) is 2.97. The lowest BCUT2D eigenvalue weighted by Gasteiger charge is -2.24. The van der Waals surface area contributed by atoms with Crippen molar-refractivity contribution < 1.29 is 9.47 Å². The number of rotatable bonds is 7. The quantitative estimate of drug-likeness (QED) is 0.831. The van der Waals surface area contributed by atoms with E-state index < -0.39 is 0 Å². The van der Waals surface area contributed by atoms with Crippen molar-refractivity contribution in [2.24, 2.45) is 5.92 Å². The van der Waals surface area contributed by atoms with Crippen molar-refractivity contribution in [3.63, 3.8) is 0 Å². The summed E-state index contributed by atoms with van der Waals surface area (Å²) in [7, 11) is 1.74. The predicted octanol–water partition coefficient (Wildman–Crippen LogP) is 3.03.